The SMILES string of the molecule is CCOC(=O)C(N=Nc1ccccc1[N+](=O)[O-])=C(O)CBr. The predicted molar refractivity (Wildman–Crippen MR) is 77.7 cm³/mol. The molecule has 112 valence electrons. The van der Waals surface area contributed by atoms with Crippen LogP contribution in [0.5, 0.6) is 0 Å². The maximum Gasteiger partial charge on any atom is 0.362 e. The van der Waals surface area contributed by atoms with E-state index in [9.17, 15) is 20.0 Å². The Morgan fingerprint density at radius 1 is 1.48 bits per heavy atom. The van der Waals surface area contributed by atoms with Gasteiger partial charge < -0.3 is 9.84 Å². The average Bonchev–Trinajstić information content (AvgIpc) is 2.47. The molecule has 0 fully saturated rings. The fourth-order valence-electron chi connectivity index (χ4n) is 1.29. The second kappa shape index (κ2) is 8.10. The van der Waals surface area contributed by atoms with Crippen LogP contribution in [0.4, 0.5) is 11.4 Å². The van der Waals surface area contributed by atoms with Crippen molar-refractivity contribution in [3.63, 3.8) is 0 Å². The number of nitro groups is 1. The quantitative estimate of drug-likeness (QED) is 0.159. The molecule has 0 unspecified atom stereocenters. The van der Waals surface area contributed by atoms with E-state index in [-0.39, 0.29) is 29.1 Å². The lowest BCUT2D eigenvalue weighted by Crippen LogP contribution is -2.09. The Bertz CT molecular complexity index is 600. The summed E-state index contributed by atoms with van der Waals surface area (Å²) in [5, 5.41) is 27.6. The molecule has 0 aromatic heterocycles. The predicted octanol–water partition coefficient (Wildman–Crippen LogP) is 3.41. The molecule has 1 aromatic rings. The molecule has 0 amide bonds. The fraction of sp³-hybridized carbons (Fsp3) is 0.250. The molecule has 1 aromatic carbocycles. The lowest BCUT2D eigenvalue weighted by atomic mass is 10.3. The van der Waals surface area contributed by atoms with Crippen molar-refractivity contribution < 1.29 is 19.6 Å². The van der Waals surface area contributed by atoms with Crippen LogP contribution < -0.4 is 0 Å². The van der Waals surface area contributed by atoms with E-state index < -0.39 is 16.6 Å². The summed E-state index contributed by atoms with van der Waals surface area (Å²) >= 11 is 2.97. The Morgan fingerprint density at radius 2 is 2.14 bits per heavy atom. The molecule has 0 saturated carbocycles. The highest BCUT2D eigenvalue weighted by Crippen LogP contribution is 2.27. The molecule has 0 aliphatic heterocycles. The Labute approximate surface area is 128 Å². The van der Waals surface area contributed by atoms with E-state index in [1.165, 1.54) is 18.2 Å². The van der Waals surface area contributed by atoms with Crippen LogP contribution in [-0.4, -0.2) is 27.9 Å². The number of hydrogen-bond donors (Lipinski definition) is 1. The van der Waals surface area contributed by atoms with Crippen molar-refractivity contribution in [1.29, 1.82) is 0 Å². The van der Waals surface area contributed by atoms with Gasteiger partial charge in [0.15, 0.2) is 5.69 Å². The summed E-state index contributed by atoms with van der Waals surface area (Å²) in [6.07, 6.45) is 0. The number of allylic oxidation sites excluding steroid dienone is 1. The van der Waals surface area contributed by atoms with E-state index in [4.69, 9.17) is 4.74 Å². The number of esters is 1. The molecule has 0 saturated heterocycles. The number of halogens is 1. The van der Waals surface area contributed by atoms with Gasteiger partial charge in [-0.15, -0.1) is 10.2 Å². The van der Waals surface area contributed by atoms with Crippen molar-refractivity contribution in [2.75, 3.05) is 11.9 Å². The number of nitro benzene ring substituents is 1. The first-order chi connectivity index (χ1) is 10.0. The molecule has 9 heteroatoms. The molecule has 0 aliphatic carbocycles. The van der Waals surface area contributed by atoms with Crippen LogP contribution in [0.2, 0.25) is 0 Å². The number of rotatable bonds is 6. The van der Waals surface area contributed by atoms with Gasteiger partial charge in [0.25, 0.3) is 5.69 Å². The normalized spacial score (nSPS) is 12.1. The summed E-state index contributed by atoms with van der Waals surface area (Å²) in [4.78, 5) is 21.9. The number of aliphatic hydroxyl groups is 1. The fourth-order valence-corrected chi connectivity index (χ4v) is 1.55. The zero-order chi connectivity index (χ0) is 15.8. The number of ether oxygens (including phenoxy) is 1. The third-order valence-corrected chi connectivity index (χ3v) is 2.74. The van der Waals surface area contributed by atoms with Crippen LogP contribution in [0.15, 0.2) is 46.0 Å². The summed E-state index contributed by atoms with van der Waals surface area (Å²) in [6.45, 7) is 1.69. The van der Waals surface area contributed by atoms with Gasteiger partial charge in [-0.25, -0.2) is 4.79 Å². The molecule has 1 N–H and O–H groups in total. The number of carbonyl (C=O) groups is 1. The standard InChI is InChI=1S/C12H12BrN3O5/c1-2-21-12(18)11(10(17)7-13)15-14-8-5-3-4-6-9(8)16(19)20/h3-6,17H,2,7H2,1H3. The minimum absolute atomic E-state index is 0.0307. The molecule has 1 rings (SSSR count). The van der Waals surface area contributed by atoms with Crippen LogP contribution in [0.3, 0.4) is 0 Å². The Hall–Kier alpha value is -2.29. The largest absolute Gasteiger partial charge is 0.509 e. The molecular weight excluding hydrogens is 346 g/mol. The van der Waals surface area contributed by atoms with Crippen LogP contribution in [0.1, 0.15) is 6.92 Å². The minimum atomic E-state index is -0.864. The van der Waals surface area contributed by atoms with E-state index in [1.54, 1.807) is 13.0 Å². The van der Waals surface area contributed by atoms with Crippen molar-refractivity contribution in [2.24, 2.45) is 10.2 Å². The molecule has 0 atom stereocenters. The molecule has 0 bridgehead atoms. The molecule has 8 nitrogen and oxygen atoms in total. The smallest absolute Gasteiger partial charge is 0.362 e. The zero-order valence-electron chi connectivity index (χ0n) is 11.0. The van der Waals surface area contributed by atoms with Crippen molar-refractivity contribution in [3.05, 3.63) is 45.8 Å². The van der Waals surface area contributed by atoms with Gasteiger partial charge in [-0.2, -0.15) is 0 Å². The van der Waals surface area contributed by atoms with Crippen LogP contribution >= 0.6 is 15.9 Å². The molecule has 0 spiro atoms. The highest BCUT2D eigenvalue weighted by atomic mass is 79.9. The first-order valence-corrected chi connectivity index (χ1v) is 6.93. The van der Waals surface area contributed by atoms with E-state index in [0.29, 0.717) is 0 Å². The maximum absolute atomic E-state index is 11.6. The lowest BCUT2D eigenvalue weighted by molar-refractivity contribution is -0.384. The van der Waals surface area contributed by atoms with Gasteiger partial charge in [0.05, 0.1) is 16.9 Å². The third-order valence-electron chi connectivity index (χ3n) is 2.20. The van der Waals surface area contributed by atoms with Gasteiger partial charge in [0, 0.05) is 6.07 Å². The molecule has 0 radical (unpaired) electrons. The van der Waals surface area contributed by atoms with E-state index in [1.807, 2.05) is 0 Å². The Kier molecular flexibility index (Phi) is 6.47. The van der Waals surface area contributed by atoms with Crippen LogP contribution in [0.25, 0.3) is 0 Å². The lowest BCUT2D eigenvalue weighted by Gasteiger charge is -2.03. The molecule has 21 heavy (non-hydrogen) atoms. The summed E-state index contributed by atoms with van der Waals surface area (Å²) in [7, 11) is 0. The van der Waals surface area contributed by atoms with Crippen molar-refractivity contribution in [2.45, 2.75) is 6.92 Å². The van der Waals surface area contributed by atoms with Crippen molar-refractivity contribution in [3.8, 4) is 0 Å². The third kappa shape index (κ3) is 4.63. The van der Waals surface area contributed by atoms with Gasteiger partial charge in [0.2, 0.25) is 5.70 Å². The first-order valence-electron chi connectivity index (χ1n) is 5.81. The number of hydrogen-bond acceptors (Lipinski definition) is 7. The first kappa shape index (κ1) is 16.8. The van der Waals surface area contributed by atoms with Crippen molar-refractivity contribution in [1.82, 2.24) is 0 Å². The van der Waals surface area contributed by atoms with E-state index in [2.05, 4.69) is 26.2 Å². The number of carbonyl (C=O) groups excluding carboxylic acids is 1. The second-order valence-corrected chi connectivity index (χ2v) is 4.16. The van der Waals surface area contributed by atoms with Crippen LogP contribution in [0, 0.1) is 10.1 Å². The summed E-state index contributed by atoms with van der Waals surface area (Å²) < 4.78 is 4.73. The van der Waals surface area contributed by atoms with Gasteiger partial charge >= 0.3 is 5.97 Å². The molecule has 0 aliphatic rings. The van der Waals surface area contributed by atoms with Crippen LogP contribution in [-0.2, 0) is 9.53 Å². The minimum Gasteiger partial charge on any atom is -0.509 e. The van der Waals surface area contributed by atoms with Gasteiger partial charge in [-0.3, -0.25) is 10.1 Å². The molecular formula is C12H12BrN3O5. The highest BCUT2D eigenvalue weighted by molar-refractivity contribution is 9.09. The maximum atomic E-state index is 11.6. The number of aliphatic hydroxyl groups excluding tert-OH is 1. The summed E-state index contributed by atoms with van der Waals surface area (Å²) in [6, 6.07) is 5.65. The number of benzene rings is 1. The van der Waals surface area contributed by atoms with Gasteiger partial charge in [-0.1, -0.05) is 28.1 Å². The Morgan fingerprint density at radius 3 is 2.71 bits per heavy atom. The number of para-hydroxylation sites is 1. The van der Waals surface area contributed by atoms with E-state index >= 15 is 0 Å². The van der Waals surface area contributed by atoms with E-state index in [0.717, 1.165) is 0 Å². The number of nitrogens with zero attached hydrogens (tertiary/aromatic N) is 3. The van der Waals surface area contributed by atoms with Gasteiger partial charge in [0.1, 0.15) is 5.76 Å². The number of alkyl halides is 1. The number of azo groups is 1. The van der Waals surface area contributed by atoms with Gasteiger partial charge in [-0.05, 0) is 13.0 Å². The monoisotopic (exact) mass is 357 g/mol. The topological polar surface area (TPSA) is 114 Å². The second-order valence-electron chi connectivity index (χ2n) is 3.60. The molecule has 0 heterocycles. The highest BCUT2D eigenvalue weighted by Gasteiger charge is 2.17. The zero-order valence-corrected chi connectivity index (χ0v) is 12.6. The average molecular weight is 358 g/mol. The summed E-state index contributed by atoms with van der Waals surface area (Å²) in [5.41, 5.74) is -0.707. The summed E-state index contributed by atoms with van der Waals surface area (Å²) in [5.74, 6) is -1.24. The Balaban J connectivity index is 3.16. The van der Waals surface area contributed by atoms with Crippen molar-refractivity contribution >= 4 is 33.3 Å².